The Bertz CT molecular complexity index is 517. The highest BCUT2D eigenvalue weighted by molar-refractivity contribution is 7.16. The van der Waals surface area contributed by atoms with E-state index in [1.54, 1.807) is 13.0 Å². The largest absolute Gasteiger partial charge is 0.462 e. The van der Waals surface area contributed by atoms with Gasteiger partial charge in [-0.2, -0.15) is 0 Å². The minimum atomic E-state index is -0.419. The third kappa shape index (κ3) is 5.13. The van der Waals surface area contributed by atoms with E-state index in [-0.39, 0.29) is 23.8 Å². The summed E-state index contributed by atoms with van der Waals surface area (Å²) in [5.74, 6) is -0.609. The van der Waals surface area contributed by atoms with Crippen molar-refractivity contribution in [1.29, 1.82) is 0 Å². The van der Waals surface area contributed by atoms with Crippen LogP contribution in [0.3, 0.4) is 0 Å². The Labute approximate surface area is 129 Å². The van der Waals surface area contributed by atoms with Gasteiger partial charge in [0.05, 0.1) is 12.2 Å². The molecule has 0 fully saturated rings. The molecular formula is C15H24N2O3S. The molecular weight excluding hydrogens is 288 g/mol. The average molecular weight is 312 g/mol. The van der Waals surface area contributed by atoms with Crippen molar-refractivity contribution >= 4 is 28.2 Å². The predicted molar refractivity (Wildman–Crippen MR) is 85.7 cm³/mol. The van der Waals surface area contributed by atoms with E-state index in [9.17, 15) is 9.59 Å². The van der Waals surface area contributed by atoms with Gasteiger partial charge in [0, 0.05) is 17.3 Å². The van der Waals surface area contributed by atoms with E-state index in [2.05, 4.69) is 5.32 Å². The molecule has 1 rings (SSSR count). The van der Waals surface area contributed by atoms with Gasteiger partial charge >= 0.3 is 5.97 Å². The van der Waals surface area contributed by atoms with E-state index in [0.29, 0.717) is 17.2 Å². The third-order valence-corrected chi connectivity index (χ3v) is 4.09. The number of ether oxygens (including phenoxy) is 1. The van der Waals surface area contributed by atoms with Crippen molar-refractivity contribution in [2.24, 2.45) is 11.1 Å². The molecule has 5 nitrogen and oxygen atoms in total. The van der Waals surface area contributed by atoms with Crippen LogP contribution in [0.5, 0.6) is 0 Å². The molecule has 6 heteroatoms. The molecule has 0 aliphatic heterocycles. The molecule has 1 aromatic rings. The normalized spacial score (nSPS) is 12.9. The number of thiophene rings is 1. The monoisotopic (exact) mass is 312 g/mol. The summed E-state index contributed by atoms with van der Waals surface area (Å²) in [4.78, 5) is 24.9. The molecule has 0 saturated heterocycles. The van der Waals surface area contributed by atoms with E-state index >= 15 is 0 Å². The lowest BCUT2D eigenvalue weighted by molar-refractivity contribution is -0.117. The first-order chi connectivity index (χ1) is 9.65. The molecule has 3 N–H and O–H groups in total. The Balaban J connectivity index is 2.79. The van der Waals surface area contributed by atoms with E-state index in [4.69, 9.17) is 10.5 Å². The van der Waals surface area contributed by atoms with Crippen LogP contribution < -0.4 is 11.1 Å². The summed E-state index contributed by atoms with van der Waals surface area (Å²) >= 11 is 1.36. The number of nitrogens with one attached hydrogen (secondary N) is 1. The van der Waals surface area contributed by atoms with Crippen molar-refractivity contribution in [1.82, 2.24) is 0 Å². The van der Waals surface area contributed by atoms with Crippen LogP contribution in [0.2, 0.25) is 0 Å². The van der Waals surface area contributed by atoms with E-state index in [1.807, 2.05) is 27.7 Å². The lowest BCUT2D eigenvalue weighted by Crippen LogP contribution is -2.38. The number of carbonyl (C=O) groups is 2. The third-order valence-electron chi connectivity index (χ3n) is 3.12. The molecule has 0 aromatic carbocycles. The maximum absolute atomic E-state index is 12.1. The highest BCUT2D eigenvalue weighted by Crippen LogP contribution is 2.29. The smallest absolute Gasteiger partial charge is 0.341 e. The van der Waals surface area contributed by atoms with Gasteiger partial charge in [0.15, 0.2) is 0 Å². The first kappa shape index (κ1) is 17.7. The number of rotatable bonds is 5. The second-order valence-corrected chi connectivity index (χ2v) is 7.30. The van der Waals surface area contributed by atoms with Crippen LogP contribution >= 0.6 is 11.3 Å². The Kier molecular flexibility index (Phi) is 5.92. The number of esters is 1. The molecule has 0 spiro atoms. The summed E-state index contributed by atoms with van der Waals surface area (Å²) in [6.07, 6.45) is 0.211. The van der Waals surface area contributed by atoms with Crippen LogP contribution in [0.4, 0.5) is 5.00 Å². The topological polar surface area (TPSA) is 81.4 Å². The minimum Gasteiger partial charge on any atom is -0.462 e. The number of amides is 1. The first-order valence-electron chi connectivity index (χ1n) is 6.98. The molecule has 1 unspecified atom stereocenters. The second kappa shape index (κ2) is 7.04. The van der Waals surface area contributed by atoms with Gasteiger partial charge in [-0.05, 0) is 25.3 Å². The van der Waals surface area contributed by atoms with Gasteiger partial charge in [-0.25, -0.2) is 4.79 Å². The molecule has 118 valence electrons. The van der Waals surface area contributed by atoms with Crippen LogP contribution in [0, 0.1) is 12.3 Å². The van der Waals surface area contributed by atoms with Crippen molar-refractivity contribution < 1.29 is 14.3 Å². The van der Waals surface area contributed by atoms with Crippen LogP contribution in [-0.4, -0.2) is 24.5 Å². The molecule has 1 atom stereocenters. The number of nitrogens with two attached hydrogens (primary N) is 1. The zero-order chi connectivity index (χ0) is 16.2. The summed E-state index contributed by atoms with van der Waals surface area (Å²) in [7, 11) is 0. The van der Waals surface area contributed by atoms with Gasteiger partial charge < -0.3 is 15.8 Å². The molecule has 0 radical (unpaired) electrons. The van der Waals surface area contributed by atoms with Gasteiger partial charge in [-0.15, -0.1) is 11.3 Å². The molecule has 0 aliphatic rings. The molecule has 0 aliphatic carbocycles. The summed E-state index contributed by atoms with van der Waals surface area (Å²) in [5, 5.41) is 3.30. The number of hydrogen-bond donors (Lipinski definition) is 2. The van der Waals surface area contributed by atoms with Gasteiger partial charge in [0.25, 0.3) is 0 Å². The number of anilines is 1. The van der Waals surface area contributed by atoms with Gasteiger partial charge in [0.1, 0.15) is 5.00 Å². The van der Waals surface area contributed by atoms with Crippen molar-refractivity contribution in [3.63, 3.8) is 0 Å². The van der Waals surface area contributed by atoms with Crippen LogP contribution in [0.1, 0.15) is 49.4 Å². The Morgan fingerprint density at radius 1 is 1.43 bits per heavy atom. The quantitative estimate of drug-likeness (QED) is 0.819. The van der Waals surface area contributed by atoms with E-state index in [1.165, 1.54) is 11.3 Å². The van der Waals surface area contributed by atoms with E-state index in [0.717, 1.165) is 4.88 Å². The Hall–Kier alpha value is -1.40. The van der Waals surface area contributed by atoms with Crippen molar-refractivity contribution in [2.45, 2.75) is 47.1 Å². The highest BCUT2D eigenvalue weighted by atomic mass is 32.1. The molecule has 0 bridgehead atoms. The van der Waals surface area contributed by atoms with Crippen molar-refractivity contribution in [3.8, 4) is 0 Å². The van der Waals surface area contributed by atoms with Crippen LogP contribution in [-0.2, 0) is 9.53 Å². The van der Waals surface area contributed by atoms with Gasteiger partial charge in [-0.3, -0.25) is 4.79 Å². The standard InChI is InChI=1S/C15H24N2O3S/c1-6-20-14(19)10-7-9(2)21-13(10)17-12(18)8-11(16)15(3,4)5/h7,11H,6,8,16H2,1-5H3,(H,17,18). The zero-order valence-corrected chi connectivity index (χ0v) is 14.1. The maximum atomic E-state index is 12.1. The second-order valence-electron chi connectivity index (χ2n) is 6.05. The molecule has 1 heterocycles. The Morgan fingerprint density at radius 2 is 2.05 bits per heavy atom. The van der Waals surface area contributed by atoms with E-state index < -0.39 is 5.97 Å². The zero-order valence-electron chi connectivity index (χ0n) is 13.3. The van der Waals surface area contributed by atoms with Crippen LogP contribution in [0.15, 0.2) is 6.07 Å². The lowest BCUT2D eigenvalue weighted by atomic mass is 9.85. The summed E-state index contributed by atoms with van der Waals surface area (Å²) in [5.41, 5.74) is 6.26. The van der Waals surface area contributed by atoms with Crippen molar-refractivity contribution in [2.75, 3.05) is 11.9 Å². The fraction of sp³-hybridized carbons (Fsp3) is 0.600. The summed E-state index contributed by atoms with van der Waals surface area (Å²) < 4.78 is 4.99. The highest BCUT2D eigenvalue weighted by Gasteiger charge is 2.24. The first-order valence-corrected chi connectivity index (χ1v) is 7.79. The fourth-order valence-corrected chi connectivity index (χ4v) is 2.57. The number of carbonyl (C=O) groups excluding carboxylic acids is 2. The molecule has 1 aromatic heterocycles. The molecule has 0 saturated carbocycles. The fourth-order valence-electron chi connectivity index (χ4n) is 1.65. The van der Waals surface area contributed by atoms with Gasteiger partial charge in [-0.1, -0.05) is 20.8 Å². The van der Waals surface area contributed by atoms with Gasteiger partial charge in [0.2, 0.25) is 5.91 Å². The van der Waals surface area contributed by atoms with Crippen LogP contribution in [0.25, 0.3) is 0 Å². The minimum absolute atomic E-state index is 0.146. The Morgan fingerprint density at radius 3 is 2.57 bits per heavy atom. The molecule has 21 heavy (non-hydrogen) atoms. The SMILES string of the molecule is CCOC(=O)c1cc(C)sc1NC(=O)CC(N)C(C)(C)C. The molecule has 1 amide bonds. The lowest BCUT2D eigenvalue weighted by Gasteiger charge is -2.26. The number of hydrogen-bond acceptors (Lipinski definition) is 5. The summed E-state index contributed by atoms with van der Waals surface area (Å²) in [6.45, 7) is 9.90. The summed E-state index contributed by atoms with van der Waals surface area (Å²) in [6, 6.07) is 1.48. The predicted octanol–water partition coefficient (Wildman–Crippen LogP) is 2.94. The number of aryl methyl sites for hydroxylation is 1. The maximum Gasteiger partial charge on any atom is 0.341 e. The average Bonchev–Trinajstić information content (AvgIpc) is 2.69. The van der Waals surface area contributed by atoms with Crippen molar-refractivity contribution in [3.05, 3.63) is 16.5 Å².